The first-order valence-electron chi connectivity index (χ1n) is 6.70. The molecule has 0 amide bonds. The third-order valence-corrected chi connectivity index (χ3v) is 3.07. The lowest BCUT2D eigenvalue weighted by atomic mass is 10.3. The normalized spacial score (nSPS) is 17.4. The highest BCUT2D eigenvalue weighted by molar-refractivity contribution is 6.28. The average Bonchev–Trinajstić information content (AvgIpc) is 2.38. The lowest BCUT2D eigenvalue weighted by Gasteiger charge is -2.27. The second kappa shape index (κ2) is 7.01. The number of hydrogen-bond donors (Lipinski definition) is 1. The van der Waals surface area contributed by atoms with Crippen LogP contribution < -0.4 is 10.2 Å². The minimum absolute atomic E-state index is 0.209. The Bertz CT molecular complexity index is 438. The van der Waals surface area contributed by atoms with Crippen molar-refractivity contribution >= 4 is 23.5 Å². The molecule has 0 saturated carbocycles. The molecule has 112 valence electrons. The van der Waals surface area contributed by atoms with E-state index in [1.165, 1.54) is 0 Å². The first kappa shape index (κ1) is 15.2. The first-order valence-corrected chi connectivity index (χ1v) is 7.08. The smallest absolute Gasteiger partial charge is 0.231 e. The molecule has 1 aromatic heterocycles. The van der Waals surface area contributed by atoms with Crippen molar-refractivity contribution < 1.29 is 4.74 Å². The molecule has 1 fully saturated rings. The van der Waals surface area contributed by atoms with E-state index < -0.39 is 0 Å². The summed E-state index contributed by atoms with van der Waals surface area (Å²) in [4.78, 5) is 16.9. The van der Waals surface area contributed by atoms with Crippen LogP contribution in [-0.4, -0.2) is 72.8 Å². The third kappa shape index (κ3) is 4.43. The molecule has 2 rings (SSSR count). The lowest BCUT2D eigenvalue weighted by Crippen LogP contribution is -2.37. The zero-order chi connectivity index (χ0) is 14.5. The summed E-state index contributed by atoms with van der Waals surface area (Å²) in [5.74, 6) is 1.12. The van der Waals surface area contributed by atoms with Crippen LogP contribution >= 0.6 is 11.6 Å². The van der Waals surface area contributed by atoms with Crippen molar-refractivity contribution in [3.8, 4) is 0 Å². The van der Waals surface area contributed by atoms with E-state index in [0.29, 0.717) is 25.1 Å². The average molecular weight is 301 g/mol. The monoisotopic (exact) mass is 300 g/mol. The van der Waals surface area contributed by atoms with Crippen LogP contribution in [-0.2, 0) is 4.74 Å². The molecule has 0 bridgehead atoms. The summed E-state index contributed by atoms with van der Waals surface area (Å²) >= 11 is 5.99. The SMILES string of the molecule is CC(CN(C)C)Nc1nc(Cl)nc(N2CCOCC2)n1. The number of ether oxygens (including phenoxy) is 1. The van der Waals surface area contributed by atoms with E-state index in [-0.39, 0.29) is 11.3 Å². The van der Waals surface area contributed by atoms with E-state index in [2.05, 4.69) is 37.0 Å². The summed E-state index contributed by atoms with van der Waals surface area (Å²) in [6.07, 6.45) is 0. The summed E-state index contributed by atoms with van der Waals surface area (Å²) in [6, 6.07) is 0.223. The van der Waals surface area contributed by atoms with E-state index in [4.69, 9.17) is 16.3 Å². The number of likely N-dealkylation sites (N-methyl/N-ethyl adjacent to an activating group) is 1. The van der Waals surface area contributed by atoms with Crippen LogP contribution in [0.15, 0.2) is 0 Å². The summed E-state index contributed by atoms with van der Waals surface area (Å²) in [6.45, 7) is 5.87. The predicted octanol–water partition coefficient (Wildman–Crippen LogP) is 0.724. The van der Waals surface area contributed by atoms with Gasteiger partial charge >= 0.3 is 0 Å². The highest BCUT2D eigenvalue weighted by atomic mass is 35.5. The number of halogens is 1. The van der Waals surface area contributed by atoms with E-state index in [9.17, 15) is 0 Å². The van der Waals surface area contributed by atoms with Gasteiger partial charge in [-0.15, -0.1) is 0 Å². The molecule has 1 aliphatic heterocycles. The van der Waals surface area contributed by atoms with Gasteiger partial charge in [0.1, 0.15) is 0 Å². The lowest BCUT2D eigenvalue weighted by molar-refractivity contribution is 0.122. The van der Waals surface area contributed by atoms with Gasteiger partial charge in [0.25, 0.3) is 0 Å². The fraction of sp³-hybridized carbons (Fsp3) is 0.750. The second-order valence-corrected chi connectivity index (χ2v) is 5.47. The molecule has 0 radical (unpaired) electrons. The first-order chi connectivity index (χ1) is 9.54. The Kier molecular flexibility index (Phi) is 5.33. The number of rotatable bonds is 5. The van der Waals surface area contributed by atoms with Crippen LogP contribution in [0.2, 0.25) is 5.28 Å². The fourth-order valence-electron chi connectivity index (χ4n) is 2.12. The molecule has 8 heteroatoms. The molecule has 1 saturated heterocycles. The molecular formula is C12H21ClN6O. The predicted molar refractivity (Wildman–Crippen MR) is 79.5 cm³/mol. The highest BCUT2D eigenvalue weighted by Crippen LogP contribution is 2.15. The van der Waals surface area contributed by atoms with Crippen LogP contribution in [0.5, 0.6) is 0 Å². The van der Waals surface area contributed by atoms with E-state index in [1.54, 1.807) is 0 Å². The topological polar surface area (TPSA) is 66.4 Å². The number of morpholine rings is 1. The van der Waals surface area contributed by atoms with Crippen LogP contribution in [0.25, 0.3) is 0 Å². The molecule has 0 aliphatic carbocycles. The molecule has 1 atom stereocenters. The van der Waals surface area contributed by atoms with Crippen LogP contribution in [0.4, 0.5) is 11.9 Å². The minimum atomic E-state index is 0.209. The molecule has 1 N–H and O–H groups in total. The highest BCUT2D eigenvalue weighted by Gasteiger charge is 2.16. The Hall–Kier alpha value is -1.18. The van der Waals surface area contributed by atoms with Gasteiger partial charge in [0.05, 0.1) is 13.2 Å². The summed E-state index contributed by atoms with van der Waals surface area (Å²) in [7, 11) is 4.05. The molecule has 7 nitrogen and oxygen atoms in total. The van der Waals surface area contributed by atoms with E-state index in [1.807, 2.05) is 14.1 Å². The molecule has 1 aliphatic rings. The largest absolute Gasteiger partial charge is 0.378 e. The van der Waals surface area contributed by atoms with E-state index in [0.717, 1.165) is 19.6 Å². The van der Waals surface area contributed by atoms with Crippen molar-refractivity contribution in [2.45, 2.75) is 13.0 Å². The van der Waals surface area contributed by atoms with Crippen LogP contribution in [0.3, 0.4) is 0 Å². The van der Waals surface area contributed by atoms with Crippen LogP contribution in [0.1, 0.15) is 6.92 Å². The van der Waals surface area contributed by atoms with Crippen molar-refractivity contribution in [2.75, 3.05) is 57.2 Å². The maximum absolute atomic E-state index is 5.99. The number of aromatic nitrogens is 3. The van der Waals surface area contributed by atoms with Gasteiger partial charge in [0.15, 0.2) is 0 Å². The van der Waals surface area contributed by atoms with Gasteiger partial charge in [-0.2, -0.15) is 15.0 Å². The Balaban J connectivity index is 2.07. The molecular weight excluding hydrogens is 280 g/mol. The summed E-state index contributed by atoms with van der Waals surface area (Å²) in [5.41, 5.74) is 0. The quantitative estimate of drug-likeness (QED) is 0.859. The molecule has 2 heterocycles. The number of anilines is 2. The molecule has 1 unspecified atom stereocenters. The Morgan fingerprint density at radius 2 is 2.00 bits per heavy atom. The minimum Gasteiger partial charge on any atom is -0.378 e. The van der Waals surface area contributed by atoms with Gasteiger partial charge in [-0.05, 0) is 32.6 Å². The Morgan fingerprint density at radius 3 is 2.65 bits per heavy atom. The standard InChI is InChI=1S/C12H21ClN6O/c1-9(8-18(2)3)14-11-15-10(13)16-12(17-11)19-4-6-20-7-5-19/h9H,4-8H2,1-3H3,(H,14,15,16,17). The fourth-order valence-corrected chi connectivity index (χ4v) is 2.28. The third-order valence-electron chi connectivity index (χ3n) is 2.90. The number of nitrogens with one attached hydrogen (secondary N) is 1. The van der Waals surface area contributed by atoms with Crippen molar-refractivity contribution in [3.05, 3.63) is 5.28 Å². The van der Waals surface area contributed by atoms with Crippen molar-refractivity contribution in [2.24, 2.45) is 0 Å². The van der Waals surface area contributed by atoms with Gasteiger partial charge in [-0.25, -0.2) is 0 Å². The van der Waals surface area contributed by atoms with Crippen molar-refractivity contribution in [1.29, 1.82) is 0 Å². The Morgan fingerprint density at radius 1 is 1.30 bits per heavy atom. The molecule has 1 aromatic rings. The second-order valence-electron chi connectivity index (χ2n) is 5.14. The van der Waals surface area contributed by atoms with Gasteiger partial charge in [-0.3, -0.25) is 0 Å². The number of nitrogens with zero attached hydrogens (tertiary/aromatic N) is 5. The zero-order valence-corrected chi connectivity index (χ0v) is 12.9. The van der Waals surface area contributed by atoms with Gasteiger partial charge < -0.3 is 19.9 Å². The van der Waals surface area contributed by atoms with Gasteiger partial charge in [0.2, 0.25) is 17.2 Å². The van der Waals surface area contributed by atoms with Gasteiger partial charge in [-0.1, -0.05) is 0 Å². The summed E-state index contributed by atoms with van der Waals surface area (Å²) < 4.78 is 5.32. The molecule has 20 heavy (non-hydrogen) atoms. The maximum Gasteiger partial charge on any atom is 0.231 e. The van der Waals surface area contributed by atoms with Crippen LogP contribution in [0, 0.1) is 0 Å². The van der Waals surface area contributed by atoms with Gasteiger partial charge in [0, 0.05) is 25.7 Å². The summed E-state index contributed by atoms with van der Waals surface area (Å²) in [5, 5.41) is 3.46. The molecule has 0 spiro atoms. The Labute approximate surface area is 124 Å². The van der Waals surface area contributed by atoms with Crippen molar-refractivity contribution in [3.63, 3.8) is 0 Å². The number of hydrogen-bond acceptors (Lipinski definition) is 7. The maximum atomic E-state index is 5.99. The van der Waals surface area contributed by atoms with Crippen molar-refractivity contribution in [1.82, 2.24) is 19.9 Å². The zero-order valence-electron chi connectivity index (χ0n) is 12.1. The van der Waals surface area contributed by atoms with E-state index >= 15 is 0 Å². The molecule has 0 aromatic carbocycles.